The van der Waals surface area contributed by atoms with Crippen molar-refractivity contribution in [1.82, 2.24) is 15.5 Å². The first-order valence-corrected chi connectivity index (χ1v) is 11.9. The Bertz CT molecular complexity index is 1480. The number of hydrogen-bond donors (Lipinski definition) is 3. The summed E-state index contributed by atoms with van der Waals surface area (Å²) in [5.41, 5.74) is 2.43. The molecule has 1 atom stereocenters. The average Bonchev–Trinajstić information content (AvgIpc) is 3.33. The summed E-state index contributed by atoms with van der Waals surface area (Å²) in [6, 6.07) is 7.31. The van der Waals surface area contributed by atoms with E-state index in [0.717, 1.165) is 5.39 Å². The van der Waals surface area contributed by atoms with Crippen LogP contribution in [-0.2, 0) is 17.8 Å². The van der Waals surface area contributed by atoms with Crippen LogP contribution >= 0.6 is 23.2 Å². The van der Waals surface area contributed by atoms with Gasteiger partial charge in [0.1, 0.15) is 17.5 Å². The second-order valence-electron chi connectivity index (χ2n) is 8.38. The number of carboxylic acid groups (broad SMARTS) is 1. The van der Waals surface area contributed by atoms with Crippen molar-refractivity contribution in [2.45, 2.75) is 25.9 Å². The van der Waals surface area contributed by atoms with Gasteiger partial charge in [0.05, 0.1) is 21.9 Å². The van der Waals surface area contributed by atoms with Crippen molar-refractivity contribution in [2.24, 2.45) is 4.99 Å². The van der Waals surface area contributed by atoms with E-state index in [1.807, 2.05) is 12.1 Å². The summed E-state index contributed by atoms with van der Waals surface area (Å²) in [4.78, 5) is 42.9. The van der Waals surface area contributed by atoms with Crippen molar-refractivity contribution in [3.05, 3.63) is 68.9 Å². The van der Waals surface area contributed by atoms with Gasteiger partial charge < -0.3 is 25.1 Å². The van der Waals surface area contributed by atoms with Gasteiger partial charge in [-0.1, -0.05) is 29.3 Å². The lowest BCUT2D eigenvalue weighted by Crippen LogP contribution is -2.48. The number of nitrogens with zero attached hydrogens (tertiary/aromatic N) is 3. The maximum absolute atomic E-state index is 13.1. The predicted molar refractivity (Wildman–Crippen MR) is 137 cm³/mol. The Morgan fingerprint density at radius 1 is 1.27 bits per heavy atom. The molecule has 0 saturated heterocycles. The first-order valence-electron chi connectivity index (χ1n) is 11.2. The molecule has 2 amide bonds. The van der Waals surface area contributed by atoms with E-state index in [2.05, 4.69) is 15.6 Å². The number of rotatable bonds is 6. The summed E-state index contributed by atoms with van der Waals surface area (Å²) in [5.74, 6) is -2.02. The lowest BCUT2D eigenvalue weighted by Gasteiger charge is -2.30. The Labute approximate surface area is 221 Å². The molecule has 3 N–H and O–H groups in total. The fourth-order valence-electron chi connectivity index (χ4n) is 4.10. The number of furan rings is 1. The number of benzene rings is 2. The number of aliphatic carboxylic acids is 1. The first kappa shape index (κ1) is 26.0. The Hall–Kier alpha value is -4.07. The van der Waals surface area contributed by atoms with Crippen molar-refractivity contribution in [3.8, 4) is 6.19 Å². The van der Waals surface area contributed by atoms with Crippen LogP contribution in [0, 0.1) is 11.5 Å². The molecular weight excluding hydrogens is 521 g/mol. The lowest BCUT2D eigenvalue weighted by atomic mass is 9.96. The van der Waals surface area contributed by atoms with Crippen molar-refractivity contribution in [3.63, 3.8) is 0 Å². The van der Waals surface area contributed by atoms with Crippen molar-refractivity contribution >= 4 is 57.8 Å². The molecule has 37 heavy (non-hydrogen) atoms. The zero-order valence-corrected chi connectivity index (χ0v) is 21.1. The summed E-state index contributed by atoms with van der Waals surface area (Å²) in [5, 5.41) is 24.2. The molecule has 0 aliphatic carbocycles. The second-order valence-corrected chi connectivity index (χ2v) is 9.16. The number of nitriles is 1. The van der Waals surface area contributed by atoms with E-state index >= 15 is 0 Å². The largest absolute Gasteiger partial charge is 0.480 e. The summed E-state index contributed by atoms with van der Waals surface area (Å²) in [6.07, 6.45) is 3.53. The van der Waals surface area contributed by atoms with Gasteiger partial charge in [0, 0.05) is 30.6 Å². The standard InChI is InChI=1S/C25H21Cl2N5O5/c1-13(30-12-28)29-10-19(25(35)36)31-23(33)21-18(26)8-16-11-32(6-4-17(16)22(21)27)24(34)15-3-2-14-5-7-37-20(14)9-15/h2-3,5,7-9,19H,4,6,10-11H2,1H3,(H,29,30)(H,31,33)(H,35,36)/t19-/m0/s1. The second kappa shape index (κ2) is 10.9. The van der Waals surface area contributed by atoms with Crippen LogP contribution in [-0.4, -0.2) is 52.8 Å². The van der Waals surface area contributed by atoms with Crippen LogP contribution in [0.2, 0.25) is 10.0 Å². The third-order valence-corrected chi connectivity index (χ3v) is 6.72. The Kier molecular flexibility index (Phi) is 7.66. The van der Waals surface area contributed by atoms with Gasteiger partial charge in [0.15, 0.2) is 0 Å². The quantitative estimate of drug-likeness (QED) is 0.245. The van der Waals surface area contributed by atoms with Gasteiger partial charge in [-0.2, -0.15) is 10.3 Å². The van der Waals surface area contributed by atoms with Crippen molar-refractivity contribution in [2.75, 3.05) is 13.1 Å². The van der Waals surface area contributed by atoms with Gasteiger partial charge in [-0.15, -0.1) is 0 Å². The molecule has 12 heteroatoms. The van der Waals surface area contributed by atoms with E-state index in [1.54, 1.807) is 35.6 Å². The third-order valence-electron chi connectivity index (χ3n) is 6.01. The fourth-order valence-corrected chi connectivity index (χ4v) is 4.86. The molecule has 0 radical (unpaired) electrons. The Morgan fingerprint density at radius 3 is 2.78 bits per heavy atom. The number of aliphatic imine (C=N–C) groups is 1. The molecule has 3 aromatic rings. The van der Waals surface area contributed by atoms with Gasteiger partial charge in [0.25, 0.3) is 11.8 Å². The highest BCUT2D eigenvalue weighted by Crippen LogP contribution is 2.35. The van der Waals surface area contributed by atoms with Crippen LogP contribution in [0.15, 0.2) is 46.0 Å². The summed E-state index contributed by atoms with van der Waals surface area (Å²) in [6.45, 7) is 1.89. The molecule has 1 aromatic heterocycles. The molecule has 1 aliphatic heterocycles. The molecule has 4 rings (SSSR count). The van der Waals surface area contributed by atoms with Gasteiger partial charge >= 0.3 is 5.97 Å². The summed E-state index contributed by atoms with van der Waals surface area (Å²) >= 11 is 13.0. The zero-order chi connectivity index (χ0) is 26.7. The van der Waals surface area contributed by atoms with E-state index in [1.165, 1.54) is 6.92 Å². The van der Waals surface area contributed by atoms with Crippen LogP contribution in [0.25, 0.3) is 11.0 Å². The Morgan fingerprint density at radius 2 is 2.05 bits per heavy atom. The van der Waals surface area contributed by atoms with E-state index in [9.17, 15) is 19.5 Å². The molecule has 2 heterocycles. The molecular formula is C25H21Cl2N5O5. The minimum absolute atomic E-state index is 0.0341. The Balaban J connectivity index is 1.52. The van der Waals surface area contributed by atoms with E-state index in [0.29, 0.717) is 35.2 Å². The van der Waals surface area contributed by atoms with E-state index < -0.39 is 17.9 Å². The molecule has 1 aliphatic rings. The maximum atomic E-state index is 13.1. The lowest BCUT2D eigenvalue weighted by molar-refractivity contribution is -0.139. The number of carboxylic acids is 1. The SMILES string of the molecule is CC(=NC#N)NC[C@H](NC(=O)c1c(Cl)cc2c(c1Cl)CCN(C(=O)c1ccc3ccoc3c1)C2)C(=O)O. The van der Waals surface area contributed by atoms with Gasteiger partial charge in [-0.25, -0.2) is 4.79 Å². The number of hydrogen-bond acceptors (Lipinski definition) is 6. The number of carbonyl (C=O) groups is 3. The maximum Gasteiger partial charge on any atom is 0.328 e. The van der Waals surface area contributed by atoms with Crippen molar-refractivity contribution < 1.29 is 23.9 Å². The first-order chi connectivity index (χ1) is 17.7. The van der Waals surface area contributed by atoms with E-state index in [4.69, 9.17) is 32.9 Å². The molecule has 0 spiro atoms. The highest BCUT2D eigenvalue weighted by Gasteiger charge is 2.29. The molecule has 0 bridgehead atoms. The number of amidine groups is 1. The number of fused-ring (bicyclic) bond motifs is 2. The predicted octanol–water partition coefficient (Wildman–Crippen LogP) is 3.61. The highest BCUT2D eigenvalue weighted by atomic mass is 35.5. The van der Waals surface area contributed by atoms with Gasteiger partial charge in [0.2, 0.25) is 6.19 Å². The van der Waals surface area contributed by atoms with Crippen LogP contribution < -0.4 is 10.6 Å². The average molecular weight is 542 g/mol. The normalized spacial score (nSPS) is 14.0. The van der Waals surface area contributed by atoms with Crippen LogP contribution in [0.4, 0.5) is 0 Å². The van der Waals surface area contributed by atoms with E-state index in [-0.39, 0.29) is 40.4 Å². The fraction of sp³-hybridized carbons (Fsp3) is 0.240. The number of nitrogens with one attached hydrogen (secondary N) is 2. The minimum Gasteiger partial charge on any atom is -0.480 e. The van der Waals surface area contributed by atoms with Gasteiger partial charge in [-0.3, -0.25) is 9.59 Å². The molecule has 190 valence electrons. The smallest absolute Gasteiger partial charge is 0.328 e. The zero-order valence-electron chi connectivity index (χ0n) is 19.5. The molecule has 0 fully saturated rings. The van der Waals surface area contributed by atoms with Crippen molar-refractivity contribution in [1.29, 1.82) is 5.26 Å². The highest BCUT2D eigenvalue weighted by molar-refractivity contribution is 6.40. The minimum atomic E-state index is -1.33. The van der Waals surface area contributed by atoms with Crippen LogP contribution in [0.3, 0.4) is 0 Å². The summed E-state index contributed by atoms with van der Waals surface area (Å²) in [7, 11) is 0. The molecule has 0 unspecified atom stereocenters. The summed E-state index contributed by atoms with van der Waals surface area (Å²) < 4.78 is 5.40. The monoisotopic (exact) mass is 541 g/mol. The molecule has 2 aromatic carbocycles. The number of halogens is 2. The molecule has 10 nitrogen and oxygen atoms in total. The van der Waals surface area contributed by atoms with Crippen LogP contribution in [0.1, 0.15) is 38.8 Å². The molecule has 0 saturated carbocycles. The van der Waals surface area contributed by atoms with Gasteiger partial charge in [-0.05, 0) is 48.7 Å². The number of amides is 2. The third kappa shape index (κ3) is 5.53. The topological polar surface area (TPSA) is 148 Å². The number of carbonyl (C=O) groups excluding carboxylic acids is 2. The van der Waals surface area contributed by atoms with Crippen LogP contribution in [0.5, 0.6) is 0 Å².